The zero-order valence-corrected chi connectivity index (χ0v) is 17.1. The van der Waals surface area contributed by atoms with Gasteiger partial charge in [0, 0.05) is 31.2 Å². The third kappa shape index (κ3) is 5.54. The molecule has 1 N–H and O–H groups in total. The van der Waals surface area contributed by atoms with Gasteiger partial charge in [-0.05, 0) is 36.1 Å². The fourth-order valence-corrected chi connectivity index (χ4v) is 5.04. The first-order valence-corrected chi connectivity index (χ1v) is 11.0. The molecule has 2 aromatic rings. The van der Waals surface area contributed by atoms with Crippen LogP contribution in [0.4, 0.5) is 0 Å². The molecule has 0 atom stereocenters. The minimum Gasteiger partial charge on any atom is -0.355 e. The van der Waals surface area contributed by atoms with Gasteiger partial charge in [-0.3, -0.25) is 4.79 Å². The lowest BCUT2D eigenvalue weighted by Gasteiger charge is -2.34. The summed E-state index contributed by atoms with van der Waals surface area (Å²) in [6.45, 7) is 1.34. The number of nitrogens with zero attached hydrogens (tertiary/aromatic N) is 2. The molecule has 3 rings (SSSR count). The Morgan fingerprint density at radius 1 is 1.00 bits per heavy atom. The van der Waals surface area contributed by atoms with Crippen molar-refractivity contribution in [3.05, 3.63) is 70.7 Å². The topological polar surface area (TPSA) is 69.7 Å². The number of carbonyl (C=O) groups is 1. The normalized spacial score (nSPS) is 17.3. The Kier molecular flexibility index (Phi) is 7.07. The number of halogens is 1. The quantitative estimate of drug-likeness (QED) is 0.746. The van der Waals surface area contributed by atoms with Crippen LogP contribution in [0.5, 0.6) is 0 Å². The minimum absolute atomic E-state index is 0.164. The Bertz CT molecular complexity index is 906. The van der Waals surface area contributed by atoms with E-state index in [1.54, 1.807) is 18.2 Å². The minimum atomic E-state index is -3.68. The summed E-state index contributed by atoms with van der Waals surface area (Å²) in [5.41, 5.74) is 1.95. The fourth-order valence-electron chi connectivity index (χ4n) is 3.18. The largest absolute Gasteiger partial charge is 0.355 e. The molecule has 1 fully saturated rings. The van der Waals surface area contributed by atoms with Crippen LogP contribution in [0.3, 0.4) is 0 Å². The molecule has 6 nitrogen and oxygen atoms in total. The van der Waals surface area contributed by atoms with E-state index in [1.165, 1.54) is 8.61 Å². The first-order chi connectivity index (χ1) is 13.4. The predicted octanol–water partition coefficient (Wildman–Crippen LogP) is 2.45. The highest BCUT2D eigenvalue weighted by molar-refractivity contribution is 7.86. The Hall–Kier alpha value is -1.93. The van der Waals surface area contributed by atoms with Crippen molar-refractivity contribution in [1.29, 1.82) is 0 Å². The molecule has 1 aliphatic heterocycles. The van der Waals surface area contributed by atoms with E-state index in [-0.39, 0.29) is 19.0 Å². The van der Waals surface area contributed by atoms with Crippen LogP contribution in [-0.4, -0.2) is 49.1 Å². The van der Waals surface area contributed by atoms with E-state index >= 15 is 0 Å². The molecule has 0 unspecified atom stereocenters. The van der Waals surface area contributed by atoms with Crippen molar-refractivity contribution < 1.29 is 13.2 Å². The van der Waals surface area contributed by atoms with Crippen LogP contribution >= 0.6 is 11.6 Å². The molecule has 8 heteroatoms. The van der Waals surface area contributed by atoms with Crippen molar-refractivity contribution in [2.45, 2.75) is 19.4 Å². The number of hydrogen-bond acceptors (Lipinski definition) is 3. The predicted molar refractivity (Wildman–Crippen MR) is 110 cm³/mol. The van der Waals surface area contributed by atoms with Crippen LogP contribution < -0.4 is 5.32 Å². The van der Waals surface area contributed by atoms with E-state index in [0.29, 0.717) is 37.5 Å². The second-order valence-electron chi connectivity index (χ2n) is 6.74. The maximum Gasteiger partial charge on any atom is 0.282 e. The van der Waals surface area contributed by atoms with Gasteiger partial charge in [-0.25, -0.2) is 0 Å². The molecule has 1 saturated heterocycles. The average Bonchev–Trinajstić information content (AvgIpc) is 2.66. The van der Waals surface area contributed by atoms with Gasteiger partial charge in [0.2, 0.25) is 5.91 Å². The first-order valence-electron chi connectivity index (χ1n) is 9.25. The van der Waals surface area contributed by atoms with E-state index < -0.39 is 10.2 Å². The van der Waals surface area contributed by atoms with Crippen LogP contribution in [0, 0.1) is 0 Å². The summed E-state index contributed by atoms with van der Waals surface area (Å²) in [6.07, 6.45) is 1.39. The molecule has 0 bridgehead atoms. The van der Waals surface area contributed by atoms with Crippen LogP contribution in [0.25, 0.3) is 0 Å². The van der Waals surface area contributed by atoms with Crippen molar-refractivity contribution in [3.8, 4) is 0 Å². The number of hydrogen-bond donors (Lipinski definition) is 1. The average molecular weight is 422 g/mol. The molecule has 0 saturated carbocycles. The van der Waals surface area contributed by atoms with E-state index in [2.05, 4.69) is 5.32 Å². The molecule has 0 aliphatic carbocycles. The van der Waals surface area contributed by atoms with Gasteiger partial charge in [-0.1, -0.05) is 54.1 Å². The standard InChI is InChI=1S/C20H24ClN3O3S/c21-19-9-4-8-18(14-19)15-23-12-5-13-24(28(23,26)27)16-20(25)22-11-10-17-6-2-1-3-7-17/h1-4,6-9,14H,5,10-13,15-16H2,(H,22,25). The second kappa shape index (κ2) is 9.52. The summed E-state index contributed by atoms with van der Waals surface area (Å²) in [6, 6.07) is 17.0. The zero-order valence-electron chi connectivity index (χ0n) is 15.6. The van der Waals surface area contributed by atoms with Crippen LogP contribution in [0.1, 0.15) is 17.5 Å². The molecular weight excluding hydrogens is 398 g/mol. The van der Waals surface area contributed by atoms with Gasteiger partial charge in [0.1, 0.15) is 0 Å². The second-order valence-corrected chi connectivity index (χ2v) is 9.11. The van der Waals surface area contributed by atoms with E-state index in [9.17, 15) is 13.2 Å². The first kappa shape index (κ1) is 20.8. The molecule has 0 radical (unpaired) electrons. The molecule has 2 aromatic carbocycles. The highest BCUT2D eigenvalue weighted by Gasteiger charge is 2.34. The monoisotopic (exact) mass is 421 g/mol. The third-order valence-electron chi connectivity index (χ3n) is 4.61. The number of nitrogens with one attached hydrogen (secondary N) is 1. The lowest BCUT2D eigenvalue weighted by atomic mass is 10.1. The van der Waals surface area contributed by atoms with Gasteiger partial charge in [-0.2, -0.15) is 17.0 Å². The number of rotatable bonds is 7. The van der Waals surface area contributed by atoms with E-state index in [1.807, 2.05) is 36.4 Å². The van der Waals surface area contributed by atoms with Crippen molar-refractivity contribution in [2.24, 2.45) is 0 Å². The number of benzene rings is 2. The summed E-state index contributed by atoms with van der Waals surface area (Å²) in [5, 5.41) is 3.38. The molecule has 1 amide bonds. The van der Waals surface area contributed by atoms with Crippen molar-refractivity contribution in [2.75, 3.05) is 26.2 Å². The molecule has 0 aromatic heterocycles. The molecule has 0 spiro atoms. The molecule has 28 heavy (non-hydrogen) atoms. The lowest BCUT2D eigenvalue weighted by Crippen LogP contribution is -2.52. The summed E-state index contributed by atoms with van der Waals surface area (Å²) in [4.78, 5) is 12.2. The maximum absolute atomic E-state index is 12.9. The maximum atomic E-state index is 12.9. The Morgan fingerprint density at radius 3 is 2.46 bits per heavy atom. The molecular formula is C20H24ClN3O3S. The highest BCUT2D eigenvalue weighted by atomic mass is 35.5. The van der Waals surface area contributed by atoms with Crippen molar-refractivity contribution in [1.82, 2.24) is 13.9 Å². The van der Waals surface area contributed by atoms with Crippen LogP contribution in [0.15, 0.2) is 54.6 Å². The van der Waals surface area contributed by atoms with E-state index in [0.717, 1.165) is 11.1 Å². The number of carbonyl (C=O) groups excluding carboxylic acids is 1. The summed E-state index contributed by atoms with van der Waals surface area (Å²) in [5.74, 6) is -0.288. The van der Waals surface area contributed by atoms with Crippen LogP contribution in [-0.2, 0) is 28.0 Å². The third-order valence-corrected chi connectivity index (χ3v) is 6.78. The van der Waals surface area contributed by atoms with E-state index in [4.69, 9.17) is 11.6 Å². The number of amides is 1. The molecule has 150 valence electrons. The van der Waals surface area contributed by atoms with Gasteiger partial charge in [0.15, 0.2) is 0 Å². The summed E-state index contributed by atoms with van der Waals surface area (Å²) >= 11 is 5.99. The van der Waals surface area contributed by atoms with Gasteiger partial charge in [0.25, 0.3) is 10.2 Å². The zero-order chi connectivity index (χ0) is 20.0. The Morgan fingerprint density at radius 2 is 1.71 bits per heavy atom. The van der Waals surface area contributed by atoms with Gasteiger partial charge in [-0.15, -0.1) is 0 Å². The summed E-state index contributed by atoms with van der Waals surface area (Å²) in [7, 11) is -3.68. The molecule has 1 heterocycles. The van der Waals surface area contributed by atoms with Crippen molar-refractivity contribution >= 4 is 27.7 Å². The SMILES string of the molecule is O=C(CN1CCCN(Cc2cccc(Cl)c2)S1(=O)=O)NCCc1ccccc1. The van der Waals surface area contributed by atoms with Gasteiger partial charge >= 0.3 is 0 Å². The Balaban J connectivity index is 1.55. The smallest absolute Gasteiger partial charge is 0.282 e. The van der Waals surface area contributed by atoms with Gasteiger partial charge < -0.3 is 5.32 Å². The fraction of sp³-hybridized carbons (Fsp3) is 0.350. The van der Waals surface area contributed by atoms with Gasteiger partial charge in [0.05, 0.1) is 6.54 Å². The molecule has 1 aliphatic rings. The highest BCUT2D eigenvalue weighted by Crippen LogP contribution is 2.20. The summed E-state index contributed by atoms with van der Waals surface area (Å²) < 4.78 is 28.4. The lowest BCUT2D eigenvalue weighted by molar-refractivity contribution is -0.121. The van der Waals surface area contributed by atoms with Crippen molar-refractivity contribution in [3.63, 3.8) is 0 Å². The Labute approximate surface area is 171 Å². The van der Waals surface area contributed by atoms with Crippen LogP contribution in [0.2, 0.25) is 5.02 Å².